The molecule has 5 heavy (non-hydrogen) atoms. The van der Waals surface area contributed by atoms with Gasteiger partial charge in [0.1, 0.15) is 0 Å². The number of carbonyl (C=O) groups is 1. The van der Waals surface area contributed by atoms with E-state index in [-0.39, 0.29) is 19.5 Å². The predicted molar refractivity (Wildman–Crippen MR) is 13.3 cm³/mol. The van der Waals surface area contributed by atoms with Crippen LogP contribution in [0.1, 0.15) is 6.92 Å². The minimum absolute atomic E-state index is 0. The van der Waals surface area contributed by atoms with Crippen LogP contribution in [-0.4, -0.2) is 11.1 Å². The van der Waals surface area contributed by atoms with Gasteiger partial charge in [-0.05, 0) is 0 Å². The Bertz CT molecular complexity index is 30.6. The second-order valence-electron chi connectivity index (χ2n) is 0.519. The van der Waals surface area contributed by atoms with Crippen LogP contribution in [0.2, 0.25) is 0 Å². The fraction of sp³-hybridized carbons (Fsp3) is 0.500. The Morgan fingerprint density at radius 2 is 1.80 bits per heavy atom. The van der Waals surface area contributed by atoms with Crippen molar-refractivity contribution in [3.05, 3.63) is 0 Å². The molecule has 3 heteroatoms. The molecule has 0 amide bonds. The van der Waals surface area contributed by atoms with Gasteiger partial charge in [0.15, 0.2) is 0 Å². The van der Waals surface area contributed by atoms with Crippen molar-refractivity contribution in [2.75, 3.05) is 0 Å². The molecule has 0 rings (SSSR count). The molecule has 0 aromatic heterocycles. The summed E-state index contributed by atoms with van der Waals surface area (Å²) in [5.41, 5.74) is 0. The molecule has 0 heterocycles. The minimum atomic E-state index is -0.833. The van der Waals surface area contributed by atoms with Crippen molar-refractivity contribution in [2.24, 2.45) is 0 Å². The summed E-state index contributed by atoms with van der Waals surface area (Å²) in [5.74, 6) is -0.833. The first-order valence-electron chi connectivity index (χ1n) is 0.928. The third-order valence-corrected chi connectivity index (χ3v) is 0. The summed E-state index contributed by atoms with van der Waals surface area (Å²) < 4.78 is 0. The van der Waals surface area contributed by atoms with Crippen LogP contribution in [0.4, 0.5) is 0 Å². The number of rotatable bonds is 0. The Morgan fingerprint density at radius 3 is 1.80 bits per heavy atom. The molecule has 0 bridgehead atoms. The minimum Gasteiger partial charge on any atom is -0.481 e. The number of carboxylic acids is 1. The quantitative estimate of drug-likeness (QED) is 0.466. The van der Waals surface area contributed by atoms with Crippen molar-refractivity contribution < 1.29 is 29.4 Å². The van der Waals surface area contributed by atoms with Crippen LogP contribution < -0.4 is 0 Å². The maximum absolute atomic E-state index is 9.00. The van der Waals surface area contributed by atoms with E-state index >= 15 is 0 Å². The van der Waals surface area contributed by atoms with E-state index in [1.54, 1.807) is 0 Å². The molecule has 0 saturated heterocycles. The zero-order chi connectivity index (χ0) is 3.58. The number of aliphatic carboxylic acids is 1. The molecule has 0 aromatic carbocycles. The molecular weight excluding hydrogens is 121 g/mol. The summed E-state index contributed by atoms with van der Waals surface area (Å²) in [5, 5.41) is 7.42. The van der Waals surface area contributed by atoms with Crippen molar-refractivity contribution >= 4 is 5.97 Å². The normalized spacial score (nSPS) is 5.00. The molecule has 0 unspecified atom stereocenters. The van der Waals surface area contributed by atoms with Crippen LogP contribution in [0.3, 0.4) is 0 Å². The summed E-state index contributed by atoms with van der Waals surface area (Å²) in [6.07, 6.45) is 0. The van der Waals surface area contributed by atoms with E-state index in [1.165, 1.54) is 0 Å². The van der Waals surface area contributed by atoms with Gasteiger partial charge < -0.3 is 5.11 Å². The maximum Gasteiger partial charge on any atom is 2.00 e. The van der Waals surface area contributed by atoms with Crippen LogP contribution in [0.25, 0.3) is 0 Å². The van der Waals surface area contributed by atoms with E-state index < -0.39 is 5.97 Å². The molecule has 0 aliphatic heterocycles. The molecule has 0 saturated carbocycles. The number of carboxylic acid groups (broad SMARTS) is 1. The molecular formula is C2H4O2Zn+2. The fourth-order valence-corrected chi connectivity index (χ4v) is 0. The Kier molecular flexibility index (Phi) is 7.30. The maximum atomic E-state index is 9.00. The van der Waals surface area contributed by atoms with Gasteiger partial charge in [-0.1, -0.05) is 0 Å². The van der Waals surface area contributed by atoms with Gasteiger partial charge in [-0.25, -0.2) is 0 Å². The van der Waals surface area contributed by atoms with Gasteiger partial charge in [0, 0.05) is 6.92 Å². The van der Waals surface area contributed by atoms with Gasteiger partial charge in [-0.2, -0.15) is 0 Å². The molecule has 0 aromatic rings. The standard InChI is InChI=1S/C2H4O2.Zn/c1-2(3)4;/h1H3,(H,3,4);/q;+2. The van der Waals surface area contributed by atoms with E-state index in [0.29, 0.717) is 0 Å². The Morgan fingerprint density at radius 1 is 1.80 bits per heavy atom. The Balaban J connectivity index is 0. The molecule has 0 aliphatic rings. The average molecular weight is 125 g/mol. The van der Waals surface area contributed by atoms with E-state index in [2.05, 4.69) is 0 Å². The van der Waals surface area contributed by atoms with Crippen molar-refractivity contribution in [2.45, 2.75) is 6.92 Å². The molecule has 0 atom stereocenters. The first-order chi connectivity index (χ1) is 1.73. The van der Waals surface area contributed by atoms with Gasteiger partial charge in [0.05, 0.1) is 0 Å². The first kappa shape index (κ1) is 8.92. The molecule has 0 fully saturated rings. The summed E-state index contributed by atoms with van der Waals surface area (Å²) in [6.45, 7) is 1.08. The third kappa shape index (κ3) is 2060. The molecule has 1 N–H and O–H groups in total. The molecule has 0 radical (unpaired) electrons. The zero-order valence-electron chi connectivity index (χ0n) is 3.06. The van der Waals surface area contributed by atoms with Crippen LogP contribution in [-0.2, 0) is 24.3 Å². The van der Waals surface area contributed by atoms with E-state index in [1.807, 2.05) is 0 Å². The smallest absolute Gasteiger partial charge is 0.481 e. The molecule has 2 nitrogen and oxygen atoms in total. The second kappa shape index (κ2) is 4.09. The van der Waals surface area contributed by atoms with Crippen molar-refractivity contribution in [3.63, 3.8) is 0 Å². The summed E-state index contributed by atoms with van der Waals surface area (Å²) in [7, 11) is 0. The van der Waals surface area contributed by atoms with Crippen LogP contribution in [0, 0.1) is 0 Å². The van der Waals surface area contributed by atoms with E-state index in [9.17, 15) is 0 Å². The summed E-state index contributed by atoms with van der Waals surface area (Å²) in [4.78, 5) is 9.00. The zero-order valence-corrected chi connectivity index (χ0v) is 6.03. The predicted octanol–water partition coefficient (Wildman–Crippen LogP) is 0.0884. The average Bonchev–Trinajstić information content (AvgIpc) is 0.811. The van der Waals surface area contributed by atoms with Crippen LogP contribution >= 0.6 is 0 Å². The second-order valence-corrected chi connectivity index (χ2v) is 0.519. The van der Waals surface area contributed by atoms with Crippen LogP contribution in [0.15, 0.2) is 0 Å². The van der Waals surface area contributed by atoms with Gasteiger partial charge in [0.25, 0.3) is 5.97 Å². The van der Waals surface area contributed by atoms with Gasteiger partial charge in [-0.15, -0.1) is 0 Å². The van der Waals surface area contributed by atoms with Gasteiger partial charge >= 0.3 is 19.5 Å². The van der Waals surface area contributed by atoms with Crippen molar-refractivity contribution in [1.82, 2.24) is 0 Å². The fourth-order valence-electron chi connectivity index (χ4n) is 0. The Labute approximate surface area is 42.9 Å². The van der Waals surface area contributed by atoms with Crippen LogP contribution in [0.5, 0.6) is 0 Å². The SMILES string of the molecule is CC(=O)O.[Zn+2]. The molecule has 24 valence electrons. The summed E-state index contributed by atoms with van der Waals surface area (Å²) >= 11 is 0. The van der Waals surface area contributed by atoms with E-state index in [0.717, 1.165) is 6.92 Å². The van der Waals surface area contributed by atoms with Gasteiger partial charge in [-0.3, -0.25) is 4.79 Å². The van der Waals surface area contributed by atoms with Gasteiger partial charge in [0.2, 0.25) is 0 Å². The summed E-state index contributed by atoms with van der Waals surface area (Å²) in [6, 6.07) is 0. The van der Waals surface area contributed by atoms with E-state index in [4.69, 9.17) is 9.90 Å². The van der Waals surface area contributed by atoms with Crippen molar-refractivity contribution in [1.29, 1.82) is 0 Å². The Hall–Kier alpha value is 0.0934. The topological polar surface area (TPSA) is 37.3 Å². The largest absolute Gasteiger partial charge is 2.00 e. The van der Waals surface area contributed by atoms with Crippen molar-refractivity contribution in [3.8, 4) is 0 Å². The molecule has 0 aliphatic carbocycles. The number of hydrogen-bond donors (Lipinski definition) is 1. The third-order valence-electron chi connectivity index (χ3n) is 0. The molecule has 0 spiro atoms. The first-order valence-corrected chi connectivity index (χ1v) is 0.928. The number of hydrogen-bond acceptors (Lipinski definition) is 1. The monoisotopic (exact) mass is 124 g/mol.